The maximum absolute atomic E-state index is 12.9. The Labute approximate surface area is 197 Å². The monoisotopic (exact) mass is 481 g/mol. The molecule has 0 unspecified atom stereocenters. The Hall–Kier alpha value is -4.05. The van der Waals surface area contributed by atoms with Gasteiger partial charge in [-0.2, -0.15) is 5.10 Å². The predicted molar refractivity (Wildman–Crippen MR) is 127 cm³/mol. The van der Waals surface area contributed by atoms with E-state index in [1.807, 2.05) is 6.92 Å². The van der Waals surface area contributed by atoms with Gasteiger partial charge in [-0.05, 0) is 68.4 Å². The smallest absolute Gasteiger partial charge is 0.273 e. The quantitative estimate of drug-likeness (QED) is 0.374. The van der Waals surface area contributed by atoms with Crippen LogP contribution in [0.5, 0.6) is 17.2 Å². The largest absolute Gasteiger partial charge is 0.494 e. The fraction of sp³-hybridized carbons (Fsp3) is 0.167. The van der Waals surface area contributed by atoms with Crippen molar-refractivity contribution in [1.82, 2.24) is 5.43 Å². The fourth-order valence-electron chi connectivity index (χ4n) is 3.24. The van der Waals surface area contributed by atoms with Crippen molar-refractivity contribution in [1.29, 1.82) is 0 Å². The van der Waals surface area contributed by atoms with E-state index >= 15 is 0 Å². The summed E-state index contributed by atoms with van der Waals surface area (Å²) in [5, 5.41) is 4.15. The number of anilines is 1. The topological polar surface area (TPSA) is 115 Å². The number of nitrogens with zero attached hydrogens (tertiary/aromatic N) is 1. The Morgan fingerprint density at radius 2 is 1.76 bits per heavy atom. The van der Waals surface area contributed by atoms with Crippen molar-refractivity contribution in [3.05, 3.63) is 77.9 Å². The zero-order valence-electron chi connectivity index (χ0n) is 18.6. The van der Waals surface area contributed by atoms with Gasteiger partial charge in [0, 0.05) is 5.56 Å². The number of benzene rings is 3. The van der Waals surface area contributed by atoms with Gasteiger partial charge in [-0.25, -0.2) is 13.8 Å². The van der Waals surface area contributed by atoms with Crippen molar-refractivity contribution in [2.45, 2.75) is 18.7 Å². The first-order valence-corrected chi connectivity index (χ1v) is 11.9. The van der Waals surface area contributed by atoms with Gasteiger partial charge in [-0.15, -0.1) is 0 Å². The summed E-state index contributed by atoms with van der Waals surface area (Å²) in [6.45, 7) is 4.21. The zero-order chi connectivity index (χ0) is 24.1. The summed E-state index contributed by atoms with van der Waals surface area (Å²) in [6, 6.07) is 17.7. The molecule has 10 heteroatoms. The molecule has 0 radical (unpaired) electrons. The number of fused-ring (bicyclic) bond motifs is 1. The van der Waals surface area contributed by atoms with Crippen molar-refractivity contribution in [3.63, 3.8) is 0 Å². The number of rotatable bonds is 8. The average molecular weight is 482 g/mol. The summed E-state index contributed by atoms with van der Waals surface area (Å²) in [4.78, 5) is 12.9. The molecule has 0 aromatic heterocycles. The third-order valence-electron chi connectivity index (χ3n) is 4.98. The second-order valence-electron chi connectivity index (χ2n) is 7.26. The molecule has 1 amide bonds. The zero-order valence-corrected chi connectivity index (χ0v) is 19.4. The maximum atomic E-state index is 12.9. The van der Waals surface area contributed by atoms with Gasteiger partial charge in [-0.1, -0.05) is 12.1 Å². The number of hydrogen-bond acceptors (Lipinski definition) is 7. The molecule has 3 aromatic carbocycles. The molecule has 176 valence electrons. The van der Waals surface area contributed by atoms with Crippen molar-refractivity contribution in [3.8, 4) is 17.2 Å². The molecule has 0 spiro atoms. The lowest BCUT2D eigenvalue weighted by Crippen LogP contribution is -2.22. The minimum Gasteiger partial charge on any atom is -0.494 e. The Morgan fingerprint density at radius 1 is 1.03 bits per heavy atom. The predicted octanol–water partition coefficient (Wildman–Crippen LogP) is 3.77. The van der Waals surface area contributed by atoms with E-state index in [0.717, 1.165) is 5.56 Å². The summed E-state index contributed by atoms with van der Waals surface area (Å²) >= 11 is 0. The third kappa shape index (κ3) is 5.12. The summed E-state index contributed by atoms with van der Waals surface area (Å²) in [5.41, 5.74) is 4.02. The number of amides is 1. The van der Waals surface area contributed by atoms with Crippen LogP contribution >= 0.6 is 0 Å². The van der Waals surface area contributed by atoms with Crippen molar-refractivity contribution in [2.75, 3.05) is 18.1 Å². The molecule has 0 fully saturated rings. The van der Waals surface area contributed by atoms with Crippen LogP contribution in [-0.2, 0) is 10.0 Å². The van der Waals surface area contributed by atoms with E-state index in [1.54, 1.807) is 49.4 Å². The SMILES string of the molecule is CCOc1ccc(S(=O)(=O)Nc2ccccc2C(=O)N/N=C(\C)c2ccc3c(c2)OCO3)cc1. The molecule has 0 aliphatic carbocycles. The molecule has 0 saturated heterocycles. The molecular weight excluding hydrogens is 458 g/mol. The summed E-state index contributed by atoms with van der Waals surface area (Å²) in [7, 11) is -3.93. The summed E-state index contributed by atoms with van der Waals surface area (Å²) in [6.07, 6.45) is 0. The van der Waals surface area contributed by atoms with Gasteiger partial charge < -0.3 is 14.2 Å². The Kier molecular flexibility index (Phi) is 6.69. The number of carbonyl (C=O) groups is 1. The number of para-hydroxylation sites is 1. The summed E-state index contributed by atoms with van der Waals surface area (Å²) in [5.74, 6) is 1.25. The number of hydrazone groups is 1. The molecule has 2 N–H and O–H groups in total. The number of hydrogen-bond donors (Lipinski definition) is 2. The number of carbonyl (C=O) groups excluding carboxylic acids is 1. The molecule has 9 nitrogen and oxygen atoms in total. The number of nitrogens with one attached hydrogen (secondary N) is 2. The second kappa shape index (κ2) is 9.84. The van der Waals surface area contributed by atoms with Crippen LogP contribution in [0.1, 0.15) is 29.8 Å². The van der Waals surface area contributed by atoms with Gasteiger partial charge >= 0.3 is 0 Å². The number of sulfonamides is 1. The lowest BCUT2D eigenvalue weighted by molar-refractivity contribution is 0.0955. The maximum Gasteiger partial charge on any atom is 0.273 e. The van der Waals surface area contributed by atoms with Crippen molar-refractivity contribution in [2.24, 2.45) is 5.10 Å². The fourth-order valence-corrected chi connectivity index (χ4v) is 4.32. The van der Waals surface area contributed by atoms with E-state index in [-0.39, 0.29) is 22.9 Å². The summed E-state index contributed by atoms with van der Waals surface area (Å²) < 4.78 is 44.2. The first-order chi connectivity index (χ1) is 16.4. The normalized spacial score (nSPS) is 12.8. The van der Waals surface area contributed by atoms with Crippen LogP contribution in [0.25, 0.3) is 0 Å². The number of ether oxygens (including phenoxy) is 3. The molecule has 4 rings (SSSR count). The van der Waals surface area contributed by atoms with Crippen LogP contribution in [0, 0.1) is 0 Å². The van der Waals surface area contributed by atoms with Gasteiger partial charge in [0.05, 0.1) is 28.5 Å². The molecule has 0 atom stereocenters. The van der Waals surface area contributed by atoms with E-state index in [9.17, 15) is 13.2 Å². The van der Waals surface area contributed by atoms with E-state index in [0.29, 0.717) is 29.6 Å². The van der Waals surface area contributed by atoms with Crippen molar-refractivity contribution < 1.29 is 27.4 Å². The minimum absolute atomic E-state index is 0.0443. The van der Waals surface area contributed by atoms with Crippen LogP contribution in [0.3, 0.4) is 0 Å². The van der Waals surface area contributed by atoms with Gasteiger partial charge in [0.25, 0.3) is 15.9 Å². The van der Waals surface area contributed by atoms with Crippen LogP contribution in [-0.4, -0.2) is 33.4 Å². The molecule has 3 aromatic rings. The molecular formula is C24H23N3O6S. The van der Waals surface area contributed by atoms with E-state index < -0.39 is 15.9 Å². The molecule has 1 aliphatic heterocycles. The van der Waals surface area contributed by atoms with E-state index in [4.69, 9.17) is 14.2 Å². The first kappa shape index (κ1) is 23.1. The molecule has 0 bridgehead atoms. The van der Waals surface area contributed by atoms with Crippen LogP contribution < -0.4 is 24.4 Å². The van der Waals surface area contributed by atoms with Gasteiger partial charge in [-0.3, -0.25) is 9.52 Å². The highest BCUT2D eigenvalue weighted by atomic mass is 32.2. The highest BCUT2D eigenvalue weighted by molar-refractivity contribution is 7.92. The van der Waals surface area contributed by atoms with Gasteiger partial charge in [0.15, 0.2) is 11.5 Å². The average Bonchev–Trinajstić information content (AvgIpc) is 3.31. The van der Waals surface area contributed by atoms with Crippen LogP contribution in [0.15, 0.2) is 76.7 Å². The van der Waals surface area contributed by atoms with Gasteiger partial charge in [0.1, 0.15) is 5.75 Å². The van der Waals surface area contributed by atoms with E-state index in [2.05, 4.69) is 15.2 Å². The molecule has 0 saturated carbocycles. The molecule has 34 heavy (non-hydrogen) atoms. The van der Waals surface area contributed by atoms with Gasteiger partial charge in [0.2, 0.25) is 6.79 Å². The Morgan fingerprint density at radius 3 is 2.53 bits per heavy atom. The highest BCUT2D eigenvalue weighted by Gasteiger charge is 2.19. The standard InChI is InChI=1S/C24H23N3O6S/c1-3-31-18-9-11-19(12-10-18)34(29,30)27-21-7-5-4-6-20(21)24(28)26-25-16(2)17-8-13-22-23(14-17)33-15-32-22/h4-14,27H,3,15H2,1-2H3,(H,26,28)/b25-16+. The lowest BCUT2D eigenvalue weighted by atomic mass is 10.1. The Balaban J connectivity index is 1.50. The molecule has 1 aliphatic rings. The van der Waals surface area contributed by atoms with Crippen LogP contribution in [0.4, 0.5) is 5.69 Å². The van der Waals surface area contributed by atoms with E-state index in [1.165, 1.54) is 24.3 Å². The minimum atomic E-state index is -3.93. The Bertz CT molecular complexity index is 1340. The third-order valence-corrected chi connectivity index (χ3v) is 6.36. The lowest BCUT2D eigenvalue weighted by Gasteiger charge is -2.12. The first-order valence-electron chi connectivity index (χ1n) is 10.5. The van der Waals surface area contributed by atoms with Crippen molar-refractivity contribution >= 4 is 27.3 Å². The highest BCUT2D eigenvalue weighted by Crippen LogP contribution is 2.32. The molecule has 1 heterocycles. The second-order valence-corrected chi connectivity index (χ2v) is 8.94. The van der Waals surface area contributed by atoms with Crippen LogP contribution in [0.2, 0.25) is 0 Å².